The zero-order valence-corrected chi connectivity index (χ0v) is 20.4. The normalized spacial score (nSPS) is 19.1. The van der Waals surface area contributed by atoms with Crippen molar-refractivity contribution in [2.45, 2.75) is 26.8 Å². The van der Waals surface area contributed by atoms with Gasteiger partial charge < -0.3 is 25.0 Å². The lowest BCUT2D eigenvalue weighted by molar-refractivity contribution is -0.139. The third kappa shape index (κ3) is 5.61. The molecule has 0 bridgehead atoms. The Hall–Kier alpha value is -3.27. The van der Waals surface area contributed by atoms with E-state index < -0.39 is 12.0 Å². The van der Waals surface area contributed by atoms with Gasteiger partial charge in [-0.1, -0.05) is 12.1 Å². The zero-order chi connectivity index (χ0) is 24.7. The fourth-order valence-electron chi connectivity index (χ4n) is 4.29. The summed E-state index contributed by atoms with van der Waals surface area (Å²) in [4.78, 5) is 43.9. The second-order valence-corrected chi connectivity index (χ2v) is 8.08. The van der Waals surface area contributed by atoms with Crippen LogP contribution < -0.4 is 15.4 Å². The highest BCUT2D eigenvalue weighted by Gasteiger charge is 2.38. The molecule has 10 heteroatoms. The molecule has 1 atom stereocenters. The Morgan fingerprint density at radius 2 is 1.76 bits per heavy atom. The highest BCUT2D eigenvalue weighted by atomic mass is 16.5. The second-order valence-electron chi connectivity index (χ2n) is 8.08. The maximum absolute atomic E-state index is 13.2. The summed E-state index contributed by atoms with van der Waals surface area (Å²) in [5, 5.41) is 5.80. The molecular formula is C24H35N5O5. The summed E-state index contributed by atoms with van der Waals surface area (Å²) in [7, 11) is 1.59. The van der Waals surface area contributed by atoms with Crippen LogP contribution in [0.15, 0.2) is 35.5 Å². The molecule has 0 aliphatic carbocycles. The molecule has 0 spiro atoms. The first-order valence-corrected chi connectivity index (χ1v) is 11.8. The van der Waals surface area contributed by atoms with E-state index in [-0.39, 0.29) is 18.7 Å². The van der Waals surface area contributed by atoms with Gasteiger partial charge in [-0.15, -0.1) is 0 Å². The number of rotatable bonds is 8. The van der Waals surface area contributed by atoms with Crippen LogP contribution in [0.1, 0.15) is 32.4 Å². The number of urea groups is 2. The Kier molecular flexibility index (Phi) is 8.75. The molecule has 3 rings (SSSR count). The molecule has 186 valence electrons. The molecule has 34 heavy (non-hydrogen) atoms. The van der Waals surface area contributed by atoms with Gasteiger partial charge in [-0.3, -0.25) is 9.80 Å². The molecule has 1 aromatic rings. The van der Waals surface area contributed by atoms with Crippen molar-refractivity contribution in [3.63, 3.8) is 0 Å². The van der Waals surface area contributed by atoms with Crippen LogP contribution in [0.3, 0.4) is 0 Å². The van der Waals surface area contributed by atoms with Crippen LogP contribution in [-0.2, 0) is 9.53 Å². The third-order valence-corrected chi connectivity index (χ3v) is 6.06. The van der Waals surface area contributed by atoms with E-state index in [0.29, 0.717) is 62.8 Å². The SMILES string of the molecule is CCNC(=O)N1CCN(CC2=C(C(=O)OCC)[C@H](c3ccc(OC)cc3)NC(=O)N2CC)CC1. The standard InChI is InChI=1S/C24H35N5O5/c1-5-25-23(31)28-14-12-27(13-15-28)16-19-20(22(30)34-7-3)21(26-24(32)29(19)6-2)17-8-10-18(33-4)11-9-17/h8-11,21H,5-7,12-16H2,1-4H3,(H,25,31)(H,26,32)/t21-/m0/s1. The molecule has 0 saturated carbocycles. The van der Waals surface area contributed by atoms with E-state index in [9.17, 15) is 14.4 Å². The second kappa shape index (κ2) is 11.7. The maximum Gasteiger partial charge on any atom is 0.338 e. The molecular weight excluding hydrogens is 438 g/mol. The predicted octanol–water partition coefficient (Wildman–Crippen LogP) is 1.95. The van der Waals surface area contributed by atoms with E-state index in [2.05, 4.69) is 15.5 Å². The molecule has 2 N–H and O–H groups in total. The highest BCUT2D eigenvalue weighted by molar-refractivity contribution is 5.95. The number of carbonyl (C=O) groups is 3. The van der Waals surface area contributed by atoms with E-state index in [0.717, 1.165) is 5.56 Å². The molecule has 0 unspecified atom stereocenters. The van der Waals surface area contributed by atoms with Crippen LogP contribution >= 0.6 is 0 Å². The van der Waals surface area contributed by atoms with Crippen molar-refractivity contribution in [3.05, 3.63) is 41.1 Å². The number of benzene rings is 1. The lowest BCUT2D eigenvalue weighted by Crippen LogP contribution is -2.55. The van der Waals surface area contributed by atoms with Crippen molar-refractivity contribution < 1.29 is 23.9 Å². The van der Waals surface area contributed by atoms with E-state index >= 15 is 0 Å². The van der Waals surface area contributed by atoms with E-state index in [1.165, 1.54) is 0 Å². The highest BCUT2D eigenvalue weighted by Crippen LogP contribution is 2.33. The number of ether oxygens (including phenoxy) is 2. The Bertz CT molecular complexity index is 909. The van der Waals surface area contributed by atoms with Crippen LogP contribution in [0.5, 0.6) is 5.75 Å². The Balaban J connectivity index is 1.92. The van der Waals surface area contributed by atoms with Crippen LogP contribution in [0, 0.1) is 0 Å². The summed E-state index contributed by atoms with van der Waals surface area (Å²) >= 11 is 0. The molecule has 2 aliphatic rings. The molecule has 0 radical (unpaired) electrons. The molecule has 2 aliphatic heterocycles. The number of nitrogens with zero attached hydrogens (tertiary/aromatic N) is 3. The van der Waals surface area contributed by atoms with Gasteiger partial charge in [0.1, 0.15) is 5.75 Å². The Morgan fingerprint density at radius 3 is 2.32 bits per heavy atom. The molecule has 4 amide bonds. The monoisotopic (exact) mass is 473 g/mol. The van der Waals surface area contributed by atoms with Gasteiger partial charge >= 0.3 is 18.0 Å². The van der Waals surface area contributed by atoms with E-state index in [1.54, 1.807) is 36.0 Å². The first kappa shape index (κ1) is 25.4. The molecule has 0 aromatic heterocycles. The zero-order valence-electron chi connectivity index (χ0n) is 20.4. The van der Waals surface area contributed by atoms with Crippen molar-refractivity contribution >= 4 is 18.0 Å². The minimum Gasteiger partial charge on any atom is -0.497 e. The fraction of sp³-hybridized carbons (Fsp3) is 0.542. The molecule has 1 aromatic carbocycles. The lowest BCUT2D eigenvalue weighted by Gasteiger charge is -2.40. The third-order valence-electron chi connectivity index (χ3n) is 6.06. The van der Waals surface area contributed by atoms with Gasteiger partial charge in [0.15, 0.2) is 0 Å². The minimum absolute atomic E-state index is 0.0691. The Morgan fingerprint density at radius 1 is 1.09 bits per heavy atom. The first-order valence-electron chi connectivity index (χ1n) is 11.8. The van der Waals surface area contributed by atoms with Crippen molar-refractivity contribution in [1.82, 2.24) is 25.3 Å². The molecule has 1 saturated heterocycles. The number of hydrogen-bond donors (Lipinski definition) is 2. The fourth-order valence-corrected chi connectivity index (χ4v) is 4.29. The molecule has 10 nitrogen and oxygen atoms in total. The number of nitrogens with one attached hydrogen (secondary N) is 2. The molecule has 1 fully saturated rings. The smallest absolute Gasteiger partial charge is 0.338 e. The largest absolute Gasteiger partial charge is 0.497 e. The van der Waals surface area contributed by atoms with Gasteiger partial charge in [0.25, 0.3) is 0 Å². The van der Waals surface area contributed by atoms with Crippen LogP contribution in [0.2, 0.25) is 0 Å². The van der Waals surface area contributed by atoms with Gasteiger partial charge in [0.2, 0.25) is 0 Å². The summed E-state index contributed by atoms with van der Waals surface area (Å²) < 4.78 is 10.7. The number of esters is 1. The number of methoxy groups -OCH3 is 1. The van der Waals surface area contributed by atoms with Crippen LogP contribution in [-0.4, -0.2) is 92.3 Å². The van der Waals surface area contributed by atoms with Gasteiger partial charge in [-0.05, 0) is 38.5 Å². The number of likely N-dealkylation sites (N-methyl/N-ethyl adjacent to an activating group) is 1. The number of hydrogen-bond acceptors (Lipinski definition) is 6. The summed E-state index contributed by atoms with van der Waals surface area (Å²) in [6, 6.07) is 6.33. The van der Waals surface area contributed by atoms with Crippen molar-refractivity contribution in [2.24, 2.45) is 0 Å². The predicted molar refractivity (Wildman–Crippen MR) is 127 cm³/mol. The quantitative estimate of drug-likeness (QED) is 0.560. The van der Waals surface area contributed by atoms with Crippen molar-refractivity contribution in [1.29, 1.82) is 0 Å². The van der Waals surface area contributed by atoms with Crippen molar-refractivity contribution in [3.8, 4) is 5.75 Å². The van der Waals surface area contributed by atoms with Gasteiger partial charge in [0.05, 0.1) is 25.3 Å². The van der Waals surface area contributed by atoms with Crippen LogP contribution in [0.25, 0.3) is 0 Å². The number of amides is 4. The average molecular weight is 474 g/mol. The summed E-state index contributed by atoms with van der Waals surface area (Å²) in [5.74, 6) is 0.241. The number of piperazine rings is 1. The number of carbonyl (C=O) groups excluding carboxylic acids is 3. The van der Waals surface area contributed by atoms with Gasteiger partial charge in [-0.2, -0.15) is 0 Å². The van der Waals surface area contributed by atoms with Gasteiger partial charge in [0, 0.05) is 51.5 Å². The average Bonchev–Trinajstić information content (AvgIpc) is 2.84. The summed E-state index contributed by atoms with van der Waals surface area (Å²) in [6.07, 6.45) is 0. The maximum atomic E-state index is 13.2. The first-order chi connectivity index (χ1) is 16.4. The van der Waals surface area contributed by atoms with E-state index in [4.69, 9.17) is 9.47 Å². The topological polar surface area (TPSA) is 103 Å². The van der Waals surface area contributed by atoms with Gasteiger partial charge in [-0.25, -0.2) is 14.4 Å². The lowest BCUT2D eigenvalue weighted by atomic mass is 9.94. The summed E-state index contributed by atoms with van der Waals surface area (Å²) in [5.41, 5.74) is 1.84. The molecule has 2 heterocycles. The summed E-state index contributed by atoms with van der Waals surface area (Å²) in [6.45, 7) is 9.61. The Labute approximate surface area is 200 Å². The van der Waals surface area contributed by atoms with E-state index in [1.807, 2.05) is 26.0 Å². The van der Waals surface area contributed by atoms with Crippen LogP contribution in [0.4, 0.5) is 9.59 Å². The van der Waals surface area contributed by atoms with Crippen molar-refractivity contribution in [2.75, 3.05) is 59.5 Å². The minimum atomic E-state index is -0.633.